The number of hydrogen-bond acceptors (Lipinski definition) is 3. The first-order chi connectivity index (χ1) is 8.02. The molecule has 4 heteroatoms. The predicted molar refractivity (Wildman–Crippen MR) is 67.6 cm³/mol. The van der Waals surface area contributed by atoms with Crippen molar-refractivity contribution in [2.24, 2.45) is 0 Å². The molecule has 0 bridgehead atoms. The van der Waals surface area contributed by atoms with Crippen molar-refractivity contribution in [3.8, 4) is 5.75 Å². The fourth-order valence-electron chi connectivity index (χ4n) is 1.45. The molecule has 0 aliphatic heterocycles. The Morgan fingerprint density at radius 2 is 2.12 bits per heavy atom. The van der Waals surface area contributed by atoms with E-state index in [1.54, 1.807) is 6.07 Å². The molecule has 1 rings (SSSR count). The number of esters is 1. The lowest BCUT2D eigenvalue weighted by atomic mass is 10.1. The van der Waals surface area contributed by atoms with E-state index in [-0.39, 0.29) is 12.1 Å². The summed E-state index contributed by atoms with van der Waals surface area (Å²) in [5, 5.41) is 0.640. The molecule has 3 nitrogen and oxygen atoms in total. The second-order valence-electron chi connectivity index (χ2n) is 3.99. The summed E-state index contributed by atoms with van der Waals surface area (Å²) in [5.41, 5.74) is 0.927. The van der Waals surface area contributed by atoms with Crippen LogP contribution < -0.4 is 4.74 Å². The Labute approximate surface area is 107 Å². The second-order valence-corrected chi connectivity index (χ2v) is 4.43. The molecule has 1 aromatic rings. The van der Waals surface area contributed by atoms with E-state index >= 15 is 0 Å². The molecule has 17 heavy (non-hydrogen) atoms. The van der Waals surface area contributed by atoms with Gasteiger partial charge in [0.25, 0.3) is 0 Å². The maximum atomic E-state index is 11.1. The van der Waals surface area contributed by atoms with Crippen LogP contribution in [0.15, 0.2) is 18.2 Å². The maximum Gasteiger partial charge on any atom is 0.305 e. The average Bonchev–Trinajstić information content (AvgIpc) is 2.28. The lowest BCUT2D eigenvalue weighted by Crippen LogP contribution is -2.09. The van der Waals surface area contributed by atoms with Gasteiger partial charge >= 0.3 is 5.97 Å². The first-order valence-corrected chi connectivity index (χ1v) is 5.92. The van der Waals surface area contributed by atoms with Crippen molar-refractivity contribution in [1.29, 1.82) is 0 Å². The van der Waals surface area contributed by atoms with Crippen LogP contribution in [0.2, 0.25) is 5.02 Å². The van der Waals surface area contributed by atoms with Crippen LogP contribution in [0.3, 0.4) is 0 Å². The summed E-state index contributed by atoms with van der Waals surface area (Å²) < 4.78 is 10.3. The Morgan fingerprint density at radius 3 is 2.71 bits per heavy atom. The van der Waals surface area contributed by atoms with Gasteiger partial charge in [0.1, 0.15) is 5.75 Å². The molecule has 0 unspecified atom stereocenters. The fourth-order valence-corrected chi connectivity index (χ4v) is 1.65. The molecular formula is C13H17ClO3. The van der Waals surface area contributed by atoms with Gasteiger partial charge in [0.2, 0.25) is 0 Å². The number of ether oxygens (including phenoxy) is 2. The first kappa shape index (κ1) is 13.8. The maximum absolute atomic E-state index is 11.1. The quantitative estimate of drug-likeness (QED) is 0.759. The van der Waals surface area contributed by atoms with Crippen molar-refractivity contribution in [3.63, 3.8) is 0 Å². The minimum atomic E-state index is -0.236. The van der Waals surface area contributed by atoms with E-state index in [0.717, 1.165) is 11.3 Å². The normalized spacial score (nSPS) is 10.4. The van der Waals surface area contributed by atoms with E-state index in [1.165, 1.54) is 7.11 Å². The average molecular weight is 257 g/mol. The number of methoxy groups -OCH3 is 1. The molecule has 0 atom stereocenters. The Balaban J connectivity index is 2.79. The van der Waals surface area contributed by atoms with E-state index in [9.17, 15) is 4.79 Å². The highest BCUT2D eigenvalue weighted by molar-refractivity contribution is 6.30. The van der Waals surface area contributed by atoms with Gasteiger partial charge in [-0.25, -0.2) is 0 Å². The minimum absolute atomic E-state index is 0.0908. The molecule has 0 saturated carbocycles. The van der Waals surface area contributed by atoms with Gasteiger partial charge in [0.05, 0.1) is 13.2 Å². The van der Waals surface area contributed by atoms with Crippen LogP contribution in [0.5, 0.6) is 5.75 Å². The van der Waals surface area contributed by atoms with E-state index in [0.29, 0.717) is 17.9 Å². The number of aryl methyl sites for hydroxylation is 1. The monoisotopic (exact) mass is 256 g/mol. The first-order valence-electron chi connectivity index (χ1n) is 5.55. The Bertz CT molecular complexity index is 388. The van der Waals surface area contributed by atoms with Gasteiger partial charge in [-0.1, -0.05) is 11.6 Å². The molecule has 0 fully saturated rings. The van der Waals surface area contributed by atoms with Crippen LogP contribution in [0.25, 0.3) is 0 Å². The summed E-state index contributed by atoms with van der Waals surface area (Å²) in [6.07, 6.45) is 0.980. The molecule has 0 aromatic heterocycles. The molecule has 0 heterocycles. The predicted octanol–water partition coefficient (Wildman–Crippen LogP) is 3.23. The summed E-state index contributed by atoms with van der Waals surface area (Å²) in [6, 6.07) is 5.43. The highest BCUT2D eigenvalue weighted by Crippen LogP contribution is 2.25. The zero-order chi connectivity index (χ0) is 12.8. The van der Waals surface area contributed by atoms with Gasteiger partial charge in [-0.15, -0.1) is 0 Å². The van der Waals surface area contributed by atoms with E-state index < -0.39 is 0 Å². The van der Waals surface area contributed by atoms with Crippen LogP contribution in [0.1, 0.15) is 25.8 Å². The molecule has 0 amide bonds. The number of halogens is 1. The Hall–Kier alpha value is -1.22. The van der Waals surface area contributed by atoms with E-state index in [2.05, 4.69) is 4.74 Å². The molecule has 0 spiro atoms. The van der Waals surface area contributed by atoms with Crippen LogP contribution in [-0.4, -0.2) is 19.2 Å². The zero-order valence-corrected chi connectivity index (χ0v) is 11.1. The van der Waals surface area contributed by atoms with Crippen LogP contribution >= 0.6 is 11.6 Å². The smallest absolute Gasteiger partial charge is 0.305 e. The Morgan fingerprint density at radius 1 is 1.41 bits per heavy atom. The van der Waals surface area contributed by atoms with Gasteiger partial charge in [-0.05, 0) is 44.0 Å². The van der Waals surface area contributed by atoms with Crippen LogP contribution in [0.4, 0.5) is 0 Å². The molecule has 0 aliphatic carbocycles. The SMILES string of the molecule is COC(=O)CCc1cc(Cl)ccc1OC(C)C. The van der Waals surface area contributed by atoms with Crippen LogP contribution in [0, 0.1) is 0 Å². The minimum Gasteiger partial charge on any atom is -0.491 e. The lowest BCUT2D eigenvalue weighted by molar-refractivity contribution is -0.140. The van der Waals surface area contributed by atoms with Crippen molar-refractivity contribution < 1.29 is 14.3 Å². The van der Waals surface area contributed by atoms with E-state index in [1.807, 2.05) is 26.0 Å². The summed E-state index contributed by atoms with van der Waals surface area (Å²) in [4.78, 5) is 11.1. The summed E-state index contributed by atoms with van der Waals surface area (Å²) in [6.45, 7) is 3.91. The van der Waals surface area contributed by atoms with Gasteiger partial charge in [0, 0.05) is 11.4 Å². The molecule has 0 N–H and O–H groups in total. The van der Waals surface area contributed by atoms with Gasteiger partial charge in [0.15, 0.2) is 0 Å². The van der Waals surface area contributed by atoms with Crippen LogP contribution in [-0.2, 0) is 16.0 Å². The van der Waals surface area contributed by atoms with Gasteiger partial charge in [-0.2, -0.15) is 0 Å². The van der Waals surface area contributed by atoms with Crippen molar-refractivity contribution >= 4 is 17.6 Å². The summed E-state index contributed by atoms with van der Waals surface area (Å²) in [7, 11) is 1.38. The number of benzene rings is 1. The van der Waals surface area contributed by atoms with E-state index in [4.69, 9.17) is 16.3 Å². The van der Waals surface area contributed by atoms with Gasteiger partial charge in [-0.3, -0.25) is 4.79 Å². The second kappa shape index (κ2) is 6.50. The topological polar surface area (TPSA) is 35.5 Å². The number of hydrogen-bond donors (Lipinski definition) is 0. The molecule has 1 aromatic carbocycles. The fraction of sp³-hybridized carbons (Fsp3) is 0.462. The molecule has 94 valence electrons. The lowest BCUT2D eigenvalue weighted by Gasteiger charge is -2.14. The standard InChI is InChI=1S/C13H17ClO3/c1-9(2)17-12-6-5-11(14)8-10(12)4-7-13(15)16-3/h5-6,8-9H,4,7H2,1-3H3. The summed E-state index contributed by atoms with van der Waals surface area (Å²) in [5.74, 6) is 0.536. The number of rotatable bonds is 5. The highest BCUT2D eigenvalue weighted by Gasteiger charge is 2.09. The zero-order valence-electron chi connectivity index (χ0n) is 10.3. The Kier molecular flexibility index (Phi) is 5.29. The highest BCUT2D eigenvalue weighted by atomic mass is 35.5. The van der Waals surface area contributed by atoms with Crippen molar-refractivity contribution in [2.45, 2.75) is 32.8 Å². The third-order valence-corrected chi connectivity index (χ3v) is 2.45. The van der Waals surface area contributed by atoms with Crippen molar-refractivity contribution in [3.05, 3.63) is 28.8 Å². The molecular weight excluding hydrogens is 240 g/mol. The molecule has 0 radical (unpaired) electrons. The largest absolute Gasteiger partial charge is 0.491 e. The third-order valence-electron chi connectivity index (χ3n) is 2.21. The van der Waals surface area contributed by atoms with Crippen molar-refractivity contribution in [2.75, 3.05) is 7.11 Å². The van der Waals surface area contributed by atoms with Gasteiger partial charge < -0.3 is 9.47 Å². The molecule has 0 saturated heterocycles. The number of carbonyl (C=O) groups is 1. The van der Waals surface area contributed by atoms with Crippen molar-refractivity contribution in [1.82, 2.24) is 0 Å². The molecule has 0 aliphatic rings. The summed E-state index contributed by atoms with van der Waals surface area (Å²) >= 11 is 5.93. The number of carbonyl (C=O) groups excluding carboxylic acids is 1. The third kappa shape index (κ3) is 4.65.